The highest BCUT2D eigenvalue weighted by Gasteiger charge is 2.31. The number of alkyl halides is 4. The summed E-state index contributed by atoms with van der Waals surface area (Å²) in [7, 11) is 0. The molecule has 0 radical (unpaired) electrons. The fourth-order valence-electron chi connectivity index (χ4n) is 1.10. The van der Waals surface area contributed by atoms with Crippen LogP contribution in [0.5, 0.6) is 5.75 Å². The van der Waals surface area contributed by atoms with Crippen LogP contribution >= 0.6 is 0 Å². The molecule has 0 aliphatic carbocycles. The standard InChI is InChI=1S/C12H9F4NO/c13-10(11(14)15)12(16)18-9-5-3-8(4-6-9)2-1-7-17/h1-6,10-12H/b2-1+. The summed E-state index contributed by atoms with van der Waals surface area (Å²) in [6, 6.07) is 7.33. The highest BCUT2D eigenvalue weighted by Crippen LogP contribution is 2.20. The van der Waals surface area contributed by atoms with Crippen molar-refractivity contribution in [3.8, 4) is 11.8 Å². The zero-order valence-electron chi connectivity index (χ0n) is 9.06. The maximum atomic E-state index is 12.9. The molecule has 0 heterocycles. The summed E-state index contributed by atoms with van der Waals surface area (Å²) in [5.41, 5.74) is 0.643. The minimum atomic E-state index is -3.43. The minimum Gasteiger partial charge on any atom is -0.457 e. The van der Waals surface area contributed by atoms with Gasteiger partial charge in [-0.1, -0.05) is 12.1 Å². The average molecular weight is 259 g/mol. The smallest absolute Gasteiger partial charge is 0.275 e. The van der Waals surface area contributed by atoms with E-state index < -0.39 is 19.0 Å². The lowest BCUT2D eigenvalue weighted by atomic mass is 10.2. The molecular formula is C12H9F4NO. The van der Waals surface area contributed by atoms with Crippen molar-refractivity contribution >= 4 is 6.08 Å². The molecule has 6 heteroatoms. The van der Waals surface area contributed by atoms with E-state index in [9.17, 15) is 17.6 Å². The van der Waals surface area contributed by atoms with Gasteiger partial charge in [-0.05, 0) is 23.8 Å². The minimum absolute atomic E-state index is 0.0695. The molecule has 0 saturated carbocycles. The largest absolute Gasteiger partial charge is 0.457 e. The molecule has 0 amide bonds. The molecule has 18 heavy (non-hydrogen) atoms. The number of hydrogen-bond donors (Lipinski definition) is 0. The van der Waals surface area contributed by atoms with Gasteiger partial charge in [0.05, 0.1) is 6.07 Å². The first-order valence-corrected chi connectivity index (χ1v) is 4.94. The number of benzene rings is 1. The van der Waals surface area contributed by atoms with Crippen LogP contribution in [0.1, 0.15) is 5.56 Å². The van der Waals surface area contributed by atoms with Crippen LogP contribution in [0.25, 0.3) is 6.08 Å². The molecule has 1 aromatic rings. The summed E-state index contributed by atoms with van der Waals surface area (Å²) >= 11 is 0. The maximum absolute atomic E-state index is 12.9. The molecular weight excluding hydrogens is 250 g/mol. The lowest BCUT2D eigenvalue weighted by Crippen LogP contribution is -2.29. The predicted molar refractivity (Wildman–Crippen MR) is 57.5 cm³/mol. The predicted octanol–water partition coefficient (Wildman–Crippen LogP) is 3.50. The van der Waals surface area contributed by atoms with Crippen molar-refractivity contribution in [3.63, 3.8) is 0 Å². The monoisotopic (exact) mass is 259 g/mol. The molecule has 96 valence electrons. The summed E-state index contributed by atoms with van der Waals surface area (Å²) < 4.78 is 53.5. The van der Waals surface area contributed by atoms with Gasteiger partial charge in [0.2, 0.25) is 6.17 Å². The molecule has 0 aliphatic rings. The molecule has 0 saturated heterocycles. The van der Waals surface area contributed by atoms with Gasteiger partial charge < -0.3 is 4.74 Å². The summed E-state index contributed by atoms with van der Waals surface area (Å²) in [4.78, 5) is 0. The number of halogens is 4. The molecule has 0 N–H and O–H groups in total. The zero-order valence-corrected chi connectivity index (χ0v) is 9.06. The van der Waals surface area contributed by atoms with E-state index in [4.69, 9.17) is 5.26 Å². The van der Waals surface area contributed by atoms with Crippen molar-refractivity contribution in [3.05, 3.63) is 35.9 Å². The van der Waals surface area contributed by atoms with Gasteiger partial charge in [0.25, 0.3) is 12.8 Å². The molecule has 0 aliphatic heterocycles. The molecule has 2 nitrogen and oxygen atoms in total. The normalized spacial score (nSPS) is 14.4. The Labute approximate surface area is 101 Å². The summed E-state index contributed by atoms with van der Waals surface area (Å²) in [5, 5.41) is 8.29. The van der Waals surface area contributed by atoms with Crippen molar-refractivity contribution in [1.29, 1.82) is 5.26 Å². The first-order valence-electron chi connectivity index (χ1n) is 4.94. The number of nitriles is 1. The molecule has 0 spiro atoms. The van der Waals surface area contributed by atoms with Crippen molar-refractivity contribution in [2.45, 2.75) is 19.0 Å². The first-order chi connectivity index (χ1) is 8.54. The van der Waals surface area contributed by atoms with Crippen LogP contribution in [-0.4, -0.2) is 19.0 Å². The summed E-state index contributed by atoms with van der Waals surface area (Å²) in [6.07, 6.45) is -6.40. The van der Waals surface area contributed by atoms with E-state index in [-0.39, 0.29) is 5.75 Å². The van der Waals surface area contributed by atoms with Crippen LogP contribution in [0.15, 0.2) is 30.3 Å². The zero-order chi connectivity index (χ0) is 13.5. The third-order valence-electron chi connectivity index (χ3n) is 1.97. The Morgan fingerprint density at radius 2 is 1.72 bits per heavy atom. The second kappa shape index (κ2) is 6.64. The van der Waals surface area contributed by atoms with Gasteiger partial charge in [-0.2, -0.15) is 9.65 Å². The number of rotatable bonds is 5. The molecule has 1 aromatic carbocycles. The van der Waals surface area contributed by atoms with Crippen molar-refractivity contribution < 1.29 is 22.3 Å². The van der Waals surface area contributed by atoms with Crippen LogP contribution in [0.2, 0.25) is 0 Å². The molecule has 0 bridgehead atoms. The van der Waals surface area contributed by atoms with Crippen molar-refractivity contribution in [1.82, 2.24) is 0 Å². The fourth-order valence-corrected chi connectivity index (χ4v) is 1.10. The Hall–Kier alpha value is -2.03. The van der Waals surface area contributed by atoms with Crippen LogP contribution in [-0.2, 0) is 0 Å². The lowest BCUT2D eigenvalue weighted by Gasteiger charge is -2.14. The van der Waals surface area contributed by atoms with Gasteiger partial charge in [0.15, 0.2) is 0 Å². The topological polar surface area (TPSA) is 33.0 Å². The quantitative estimate of drug-likeness (QED) is 0.599. The molecule has 0 aromatic heterocycles. The van der Waals surface area contributed by atoms with E-state index in [0.29, 0.717) is 5.56 Å². The lowest BCUT2D eigenvalue weighted by molar-refractivity contribution is -0.0750. The first kappa shape index (κ1) is 14.0. The number of ether oxygens (including phenoxy) is 1. The molecule has 2 atom stereocenters. The van der Waals surface area contributed by atoms with Gasteiger partial charge in [-0.3, -0.25) is 0 Å². The Balaban J connectivity index is 2.64. The Bertz CT molecular complexity index is 438. The Kier molecular flexibility index (Phi) is 5.18. The van der Waals surface area contributed by atoms with Crippen LogP contribution in [0.3, 0.4) is 0 Å². The van der Waals surface area contributed by atoms with Crippen LogP contribution < -0.4 is 4.74 Å². The number of hydrogen-bond acceptors (Lipinski definition) is 2. The molecule has 2 unspecified atom stereocenters. The summed E-state index contributed by atoms with van der Waals surface area (Å²) in [6.45, 7) is 0. The maximum Gasteiger partial charge on any atom is 0.275 e. The molecule has 0 fully saturated rings. The van der Waals surface area contributed by atoms with E-state index >= 15 is 0 Å². The number of nitrogens with zero attached hydrogens (tertiary/aromatic N) is 1. The Morgan fingerprint density at radius 1 is 1.11 bits per heavy atom. The second-order valence-corrected chi connectivity index (χ2v) is 3.28. The van der Waals surface area contributed by atoms with Crippen LogP contribution in [0, 0.1) is 11.3 Å². The fraction of sp³-hybridized carbons (Fsp3) is 0.250. The highest BCUT2D eigenvalue weighted by atomic mass is 19.3. The second-order valence-electron chi connectivity index (χ2n) is 3.28. The van der Waals surface area contributed by atoms with Crippen LogP contribution in [0.4, 0.5) is 17.6 Å². The average Bonchev–Trinajstić information content (AvgIpc) is 2.36. The van der Waals surface area contributed by atoms with E-state index in [0.717, 1.165) is 0 Å². The van der Waals surface area contributed by atoms with E-state index in [1.807, 2.05) is 0 Å². The van der Waals surface area contributed by atoms with Gasteiger partial charge in [-0.25, -0.2) is 13.2 Å². The molecule has 1 rings (SSSR count). The van der Waals surface area contributed by atoms with E-state index in [2.05, 4.69) is 4.74 Å². The van der Waals surface area contributed by atoms with Crippen molar-refractivity contribution in [2.75, 3.05) is 0 Å². The third kappa shape index (κ3) is 4.09. The van der Waals surface area contributed by atoms with E-state index in [1.54, 1.807) is 6.07 Å². The van der Waals surface area contributed by atoms with Gasteiger partial charge in [0, 0.05) is 6.08 Å². The number of allylic oxidation sites excluding steroid dienone is 1. The Morgan fingerprint density at radius 3 is 2.22 bits per heavy atom. The third-order valence-corrected chi connectivity index (χ3v) is 1.97. The highest BCUT2D eigenvalue weighted by molar-refractivity contribution is 5.52. The summed E-state index contributed by atoms with van der Waals surface area (Å²) in [5.74, 6) is -0.0695. The SMILES string of the molecule is N#C/C=C/c1ccc(OC(F)C(F)C(F)F)cc1. The van der Waals surface area contributed by atoms with Crippen molar-refractivity contribution in [2.24, 2.45) is 0 Å². The van der Waals surface area contributed by atoms with Gasteiger partial charge in [0.1, 0.15) is 5.75 Å². The van der Waals surface area contributed by atoms with E-state index in [1.165, 1.54) is 36.4 Å². The van der Waals surface area contributed by atoms with Gasteiger partial charge in [-0.15, -0.1) is 0 Å². The van der Waals surface area contributed by atoms with Gasteiger partial charge >= 0.3 is 0 Å².